The molecule has 20 heavy (non-hydrogen) atoms. The Morgan fingerprint density at radius 1 is 1.35 bits per heavy atom. The summed E-state index contributed by atoms with van der Waals surface area (Å²) in [6.45, 7) is 3.81. The number of benzene rings is 1. The summed E-state index contributed by atoms with van der Waals surface area (Å²) in [4.78, 5) is 14.1. The number of phenolic OH excluding ortho intramolecular Hbond substituents is 1. The Labute approximate surface area is 125 Å². The maximum Gasteiger partial charge on any atom is 0.275 e. The van der Waals surface area contributed by atoms with Gasteiger partial charge < -0.3 is 5.11 Å². The lowest BCUT2D eigenvalue weighted by Gasteiger charge is -2.04. The number of phenols is 1. The number of thiophene rings is 1. The predicted molar refractivity (Wildman–Crippen MR) is 81.9 cm³/mol. The Balaban J connectivity index is 2.14. The summed E-state index contributed by atoms with van der Waals surface area (Å²) in [5, 5.41) is 14.0. The van der Waals surface area contributed by atoms with Crippen LogP contribution in [0.1, 0.15) is 27.0 Å². The second kappa shape index (κ2) is 6.07. The zero-order valence-electron chi connectivity index (χ0n) is 11.0. The van der Waals surface area contributed by atoms with Crippen molar-refractivity contribution in [2.24, 2.45) is 5.10 Å². The molecular weight excluding hydrogens is 296 g/mol. The molecule has 2 N–H and O–H groups in total. The highest BCUT2D eigenvalue weighted by Crippen LogP contribution is 2.21. The molecule has 1 heterocycles. The third-order valence-corrected chi connectivity index (χ3v) is 3.97. The lowest BCUT2D eigenvalue weighted by Crippen LogP contribution is -2.19. The molecule has 0 atom stereocenters. The molecule has 4 nitrogen and oxygen atoms in total. The fourth-order valence-corrected chi connectivity index (χ4v) is 2.55. The minimum absolute atomic E-state index is 0.0939. The molecule has 0 fully saturated rings. The van der Waals surface area contributed by atoms with Gasteiger partial charge in [-0.2, -0.15) is 5.10 Å². The van der Waals surface area contributed by atoms with Gasteiger partial charge in [0.1, 0.15) is 5.75 Å². The van der Waals surface area contributed by atoms with E-state index in [0.29, 0.717) is 10.7 Å². The van der Waals surface area contributed by atoms with Crippen LogP contribution in [0.25, 0.3) is 0 Å². The highest BCUT2D eigenvalue weighted by atomic mass is 35.5. The van der Waals surface area contributed by atoms with E-state index >= 15 is 0 Å². The summed E-state index contributed by atoms with van der Waals surface area (Å²) in [6.07, 6.45) is 0. The van der Waals surface area contributed by atoms with E-state index in [0.717, 1.165) is 4.88 Å². The SMILES string of the molecule is C/C(=N\NC(=O)c1cc(Cl)ccc1O)c1ccc(C)s1. The van der Waals surface area contributed by atoms with Crippen molar-refractivity contribution in [2.75, 3.05) is 0 Å². The highest BCUT2D eigenvalue weighted by Gasteiger charge is 2.11. The van der Waals surface area contributed by atoms with Gasteiger partial charge in [-0.15, -0.1) is 11.3 Å². The summed E-state index contributed by atoms with van der Waals surface area (Å²) in [5.74, 6) is -0.635. The van der Waals surface area contributed by atoms with Crippen molar-refractivity contribution in [3.63, 3.8) is 0 Å². The maximum absolute atomic E-state index is 11.9. The molecule has 6 heteroatoms. The largest absolute Gasteiger partial charge is 0.507 e. The molecule has 0 bridgehead atoms. The molecule has 0 aliphatic carbocycles. The summed E-state index contributed by atoms with van der Waals surface area (Å²) in [5.41, 5.74) is 3.21. The number of halogens is 1. The Morgan fingerprint density at radius 3 is 2.75 bits per heavy atom. The number of aryl methyl sites for hydroxylation is 1. The van der Waals surface area contributed by atoms with Crippen molar-refractivity contribution in [2.45, 2.75) is 13.8 Å². The van der Waals surface area contributed by atoms with E-state index in [4.69, 9.17) is 11.6 Å². The van der Waals surface area contributed by atoms with Gasteiger partial charge in [-0.3, -0.25) is 4.79 Å². The van der Waals surface area contributed by atoms with E-state index in [1.165, 1.54) is 23.1 Å². The fourth-order valence-electron chi connectivity index (χ4n) is 1.57. The zero-order valence-corrected chi connectivity index (χ0v) is 12.5. The molecule has 0 saturated carbocycles. The number of nitrogens with one attached hydrogen (secondary N) is 1. The number of carbonyl (C=O) groups is 1. The van der Waals surface area contributed by atoms with Crippen LogP contribution in [0.2, 0.25) is 5.02 Å². The van der Waals surface area contributed by atoms with Crippen LogP contribution < -0.4 is 5.43 Å². The van der Waals surface area contributed by atoms with Gasteiger partial charge in [0.2, 0.25) is 0 Å². The van der Waals surface area contributed by atoms with Gasteiger partial charge in [-0.05, 0) is 44.2 Å². The third kappa shape index (κ3) is 3.37. The first-order chi connectivity index (χ1) is 9.47. The van der Waals surface area contributed by atoms with Crippen LogP contribution in [-0.2, 0) is 0 Å². The second-order valence-corrected chi connectivity index (χ2v) is 5.93. The van der Waals surface area contributed by atoms with Gasteiger partial charge in [0.05, 0.1) is 16.2 Å². The Bertz CT molecular complexity index is 680. The van der Waals surface area contributed by atoms with Crippen molar-refractivity contribution in [3.8, 4) is 5.75 Å². The van der Waals surface area contributed by atoms with Crippen molar-refractivity contribution in [3.05, 3.63) is 50.7 Å². The number of carbonyl (C=O) groups excluding carboxylic acids is 1. The van der Waals surface area contributed by atoms with Crippen LogP contribution in [0, 0.1) is 6.92 Å². The highest BCUT2D eigenvalue weighted by molar-refractivity contribution is 7.14. The first-order valence-electron chi connectivity index (χ1n) is 5.87. The average Bonchev–Trinajstić information content (AvgIpc) is 2.85. The van der Waals surface area contributed by atoms with Crippen molar-refractivity contribution in [1.29, 1.82) is 0 Å². The van der Waals surface area contributed by atoms with Crippen LogP contribution in [0.4, 0.5) is 0 Å². The maximum atomic E-state index is 11.9. The van der Waals surface area contributed by atoms with E-state index in [2.05, 4.69) is 10.5 Å². The van der Waals surface area contributed by atoms with Gasteiger partial charge in [-0.25, -0.2) is 5.43 Å². The Hall–Kier alpha value is -1.85. The monoisotopic (exact) mass is 308 g/mol. The van der Waals surface area contributed by atoms with Crippen LogP contribution >= 0.6 is 22.9 Å². The molecule has 2 rings (SSSR count). The number of amides is 1. The number of aromatic hydroxyl groups is 1. The molecule has 0 aliphatic heterocycles. The van der Waals surface area contributed by atoms with E-state index in [1.54, 1.807) is 11.3 Å². The van der Waals surface area contributed by atoms with Gasteiger partial charge in [0.25, 0.3) is 5.91 Å². The van der Waals surface area contributed by atoms with Gasteiger partial charge in [0.15, 0.2) is 0 Å². The standard InChI is InChI=1S/C14H13ClN2O2S/c1-8-3-6-13(20-8)9(2)16-17-14(19)11-7-10(15)4-5-12(11)18/h3-7,18H,1-2H3,(H,17,19)/b16-9+. The predicted octanol–water partition coefficient (Wildman–Crippen LogP) is 3.57. The van der Waals surface area contributed by atoms with Crippen LogP contribution in [0.15, 0.2) is 35.4 Å². The number of hydrogen-bond acceptors (Lipinski definition) is 4. The summed E-state index contributed by atoms with van der Waals surface area (Å²) in [6, 6.07) is 8.21. The zero-order chi connectivity index (χ0) is 14.7. The van der Waals surface area contributed by atoms with Crippen LogP contribution in [0.3, 0.4) is 0 Å². The summed E-state index contributed by atoms with van der Waals surface area (Å²) >= 11 is 7.39. The normalized spacial score (nSPS) is 11.4. The Kier molecular flexibility index (Phi) is 4.42. The Morgan fingerprint density at radius 2 is 2.10 bits per heavy atom. The smallest absolute Gasteiger partial charge is 0.275 e. The van der Waals surface area contributed by atoms with E-state index in [9.17, 15) is 9.90 Å². The first-order valence-corrected chi connectivity index (χ1v) is 7.07. The van der Waals surface area contributed by atoms with Crippen molar-refractivity contribution >= 4 is 34.6 Å². The average molecular weight is 309 g/mol. The van der Waals surface area contributed by atoms with E-state index < -0.39 is 5.91 Å². The van der Waals surface area contributed by atoms with Crippen molar-refractivity contribution in [1.82, 2.24) is 5.43 Å². The number of nitrogens with zero attached hydrogens (tertiary/aromatic N) is 1. The third-order valence-electron chi connectivity index (χ3n) is 2.63. The minimum Gasteiger partial charge on any atom is -0.507 e. The molecule has 0 unspecified atom stereocenters. The molecule has 0 saturated heterocycles. The van der Waals surface area contributed by atoms with Crippen LogP contribution in [-0.4, -0.2) is 16.7 Å². The molecule has 2 aromatic rings. The van der Waals surface area contributed by atoms with Gasteiger partial charge in [-0.1, -0.05) is 11.6 Å². The molecular formula is C14H13ClN2O2S. The molecule has 1 aromatic carbocycles. The lowest BCUT2D eigenvalue weighted by molar-refractivity contribution is 0.0952. The van der Waals surface area contributed by atoms with E-state index in [-0.39, 0.29) is 11.3 Å². The quantitative estimate of drug-likeness (QED) is 0.672. The molecule has 0 aliphatic rings. The van der Waals surface area contributed by atoms with E-state index in [1.807, 2.05) is 26.0 Å². The van der Waals surface area contributed by atoms with Gasteiger partial charge in [0, 0.05) is 9.90 Å². The fraction of sp³-hybridized carbons (Fsp3) is 0.143. The number of hydrogen-bond donors (Lipinski definition) is 2. The summed E-state index contributed by atoms with van der Waals surface area (Å²) < 4.78 is 0. The first kappa shape index (κ1) is 14.6. The number of rotatable bonds is 3. The molecule has 1 aromatic heterocycles. The van der Waals surface area contributed by atoms with Gasteiger partial charge >= 0.3 is 0 Å². The topological polar surface area (TPSA) is 61.7 Å². The molecule has 1 amide bonds. The molecule has 104 valence electrons. The number of hydrazone groups is 1. The summed E-state index contributed by atoms with van der Waals surface area (Å²) in [7, 11) is 0. The molecule has 0 spiro atoms. The molecule has 0 radical (unpaired) electrons. The lowest BCUT2D eigenvalue weighted by atomic mass is 10.2. The van der Waals surface area contributed by atoms with Crippen LogP contribution in [0.5, 0.6) is 5.75 Å². The minimum atomic E-state index is -0.502. The second-order valence-electron chi connectivity index (χ2n) is 4.21. The van der Waals surface area contributed by atoms with Crippen molar-refractivity contribution < 1.29 is 9.90 Å².